The van der Waals surface area contributed by atoms with Crippen LogP contribution in [0, 0.1) is 5.82 Å². The molecule has 7 nitrogen and oxygen atoms in total. The van der Waals surface area contributed by atoms with Gasteiger partial charge >= 0.3 is 0 Å². The van der Waals surface area contributed by atoms with Crippen LogP contribution in [0.25, 0.3) is 0 Å². The SMILES string of the molecule is CC(=O)NC1NCC(C(=O)Nc2cc(F)c(=O)n(CCF)c2)S1. The van der Waals surface area contributed by atoms with Crippen molar-refractivity contribution in [1.82, 2.24) is 15.2 Å². The van der Waals surface area contributed by atoms with Gasteiger partial charge in [0.1, 0.15) is 12.2 Å². The third kappa shape index (κ3) is 4.52. The van der Waals surface area contributed by atoms with Gasteiger partial charge in [-0.25, -0.2) is 8.78 Å². The van der Waals surface area contributed by atoms with Crippen LogP contribution in [-0.4, -0.2) is 40.3 Å². The molecule has 2 unspecified atom stereocenters. The zero-order valence-electron chi connectivity index (χ0n) is 12.3. The van der Waals surface area contributed by atoms with Gasteiger partial charge in [0.15, 0.2) is 5.82 Å². The fourth-order valence-electron chi connectivity index (χ4n) is 2.05. The topological polar surface area (TPSA) is 92.2 Å². The molecule has 2 rings (SSSR count). The molecule has 0 aliphatic carbocycles. The fourth-order valence-corrected chi connectivity index (χ4v) is 3.18. The molecule has 23 heavy (non-hydrogen) atoms. The van der Waals surface area contributed by atoms with E-state index in [4.69, 9.17) is 0 Å². The summed E-state index contributed by atoms with van der Waals surface area (Å²) in [5, 5.41) is 7.57. The highest BCUT2D eigenvalue weighted by Gasteiger charge is 2.30. The number of halogens is 2. The smallest absolute Gasteiger partial charge is 0.286 e. The van der Waals surface area contributed by atoms with Gasteiger partial charge in [-0.3, -0.25) is 19.7 Å². The molecule has 10 heteroatoms. The Morgan fingerprint density at radius 2 is 2.26 bits per heavy atom. The molecule has 1 aliphatic heterocycles. The van der Waals surface area contributed by atoms with Crippen LogP contribution < -0.4 is 21.5 Å². The van der Waals surface area contributed by atoms with Gasteiger partial charge < -0.3 is 15.2 Å². The highest BCUT2D eigenvalue weighted by Crippen LogP contribution is 2.22. The molecule has 0 spiro atoms. The summed E-state index contributed by atoms with van der Waals surface area (Å²) in [6.45, 7) is 0.585. The monoisotopic (exact) mass is 346 g/mol. The lowest BCUT2D eigenvalue weighted by Gasteiger charge is -2.12. The molecule has 1 fully saturated rings. The van der Waals surface area contributed by atoms with Crippen molar-refractivity contribution >= 4 is 29.3 Å². The van der Waals surface area contributed by atoms with Crippen molar-refractivity contribution in [2.24, 2.45) is 0 Å². The van der Waals surface area contributed by atoms with Gasteiger partial charge in [-0.15, -0.1) is 11.8 Å². The Kier molecular flexibility index (Phi) is 5.72. The Balaban J connectivity index is 2.03. The highest BCUT2D eigenvalue weighted by molar-refractivity contribution is 8.01. The van der Waals surface area contributed by atoms with E-state index >= 15 is 0 Å². The molecular formula is C13H16F2N4O3S. The van der Waals surface area contributed by atoms with E-state index < -0.39 is 29.2 Å². The second kappa shape index (κ2) is 7.55. The maximum absolute atomic E-state index is 13.5. The summed E-state index contributed by atoms with van der Waals surface area (Å²) in [4.78, 5) is 34.6. The fraction of sp³-hybridized carbons (Fsp3) is 0.462. The summed E-state index contributed by atoms with van der Waals surface area (Å²) in [6.07, 6.45) is 1.20. The molecule has 1 saturated heterocycles. The Morgan fingerprint density at radius 3 is 2.91 bits per heavy atom. The Labute approximate surface area is 134 Å². The summed E-state index contributed by atoms with van der Waals surface area (Å²) in [7, 11) is 0. The summed E-state index contributed by atoms with van der Waals surface area (Å²) in [5.74, 6) is -1.69. The van der Waals surface area contributed by atoms with Crippen LogP contribution in [0.3, 0.4) is 0 Å². The number of thioether (sulfide) groups is 1. The van der Waals surface area contributed by atoms with E-state index in [1.54, 1.807) is 0 Å². The molecule has 0 bridgehead atoms. The van der Waals surface area contributed by atoms with Crippen molar-refractivity contribution < 1.29 is 18.4 Å². The largest absolute Gasteiger partial charge is 0.332 e. The summed E-state index contributed by atoms with van der Waals surface area (Å²) in [6, 6.07) is 0.896. The van der Waals surface area contributed by atoms with Gasteiger partial charge in [0.05, 0.1) is 17.5 Å². The first kappa shape index (κ1) is 17.4. The van der Waals surface area contributed by atoms with E-state index in [1.807, 2.05) is 0 Å². The van der Waals surface area contributed by atoms with E-state index in [-0.39, 0.29) is 23.6 Å². The average molecular weight is 346 g/mol. The van der Waals surface area contributed by atoms with E-state index in [9.17, 15) is 23.2 Å². The first-order chi connectivity index (χ1) is 10.9. The number of aryl methyl sites for hydroxylation is 1. The molecular weight excluding hydrogens is 330 g/mol. The lowest BCUT2D eigenvalue weighted by atomic mass is 10.3. The van der Waals surface area contributed by atoms with Gasteiger partial charge in [-0.1, -0.05) is 0 Å². The molecule has 2 amide bonds. The van der Waals surface area contributed by atoms with Crippen LogP contribution in [0.2, 0.25) is 0 Å². The number of anilines is 1. The van der Waals surface area contributed by atoms with Crippen molar-refractivity contribution in [3.05, 3.63) is 28.4 Å². The zero-order valence-corrected chi connectivity index (χ0v) is 13.1. The van der Waals surface area contributed by atoms with Gasteiger partial charge in [-0.05, 0) is 0 Å². The predicted octanol–water partition coefficient (Wildman–Crippen LogP) is 0.0201. The van der Waals surface area contributed by atoms with Crippen LogP contribution in [0.4, 0.5) is 14.5 Å². The number of rotatable bonds is 5. The summed E-state index contributed by atoms with van der Waals surface area (Å²) in [5.41, 5.74) is -1.24. The van der Waals surface area contributed by atoms with Gasteiger partial charge in [0.2, 0.25) is 11.8 Å². The van der Waals surface area contributed by atoms with Crippen LogP contribution in [0.5, 0.6) is 0 Å². The standard InChI is InChI=1S/C13H16F2N4O3S/c1-7(20)17-13-16-5-10(23-13)11(21)18-8-4-9(15)12(22)19(6-8)3-2-14/h4,6,10,13,16H,2-3,5H2,1H3,(H,17,20)(H,18,21). The van der Waals surface area contributed by atoms with E-state index in [2.05, 4.69) is 16.0 Å². The molecule has 0 radical (unpaired) electrons. The van der Waals surface area contributed by atoms with Crippen molar-refractivity contribution in [3.63, 3.8) is 0 Å². The number of carbonyl (C=O) groups excluding carboxylic acids is 2. The normalized spacial score (nSPS) is 20.3. The second-order valence-corrected chi connectivity index (χ2v) is 6.18. The van der Waals surface area contributed by atoms with Gasteiger partial charge in [0.25, 0.3) is 5.56 Å². The Morgan fingerprint density at radius 1 is 1.52 bits per heavy atom. The minimum absolute atomic E-state index is 0.0733. The number of hydrogen-bond acceptors (Lipinski definition) is 5. The number of pyridine rings is 1. The Hall–Kier alpha value is -1.94. The predicted molar refractivity (Wildman–Crippen MR) is 82.3 cm³/mol. The third-order valence-electron chi connectivity index (χ3n) is 3.05. The van der Waals surface area contributed by atoms with Crippen molar-refractivity contribution in [3.8, 4) is 0 Å². The summed E-state index contributed by atoms with van der Waals surface area (Å²) >= 11 is 1.21. The maximum Gasteiger partial charge on any atom is 0.286 e. The van der Waals surface area contributed by atoms with Crippen molar-refractivity contribution in [2.75, 3.05) is 18.5 Å². The molecule has 2 heterocycles. The van der Waals surface area contributed by atoms with E-state index in [0.717, 1.165) is 10.6 Å². The van der Waals surface area contributed by atoms with Crippen LogP contribution in [0.15, 0.2) is 17.1 Å². The number of aromatic nitrogens is 1. The minimum Gasteiger partial charge on any atom is -0.332 e. The zero-order chi connectivity index (χ0) is 17.0. The number of amides is 2. The number of alkyl halides is 1. The average Bonchev–Trinajstić information content (AvgIpc) is 2.92. The van der Waals surface area contributed by atoms with Crippen LogP contribution >= 0.6 is 11.8 Å². The molecule has 2 atom stereocenters. The molecule has 0 aromatic carbocycles. The molecule has 126 valence electrons. The van der Waals surface area contributed by atoms with Crippen LogP contribution in [0.1, 0.15) is 6.92 Å². The lowest BCUT2D eigenvalue weighted by molar-refractivity contribution is -0.119. The molecule has 0 saturated carbocycles. The van der Waals surface area contributed by atoms with Crippen molar-refractivity contribution in [2.45, 2.75) is 24.2 Å². The molecule has 1 aromatic heterocycles. The lowest BCUT2D eigenvalue weighted by Crippen LogP contribution is -2.38. The Bertz CT molecular complexity index is 667. The second-order valence-electron chi connectivity index (χ2n) is 4.87. The van der Waals surface area contributed by atoms with Gasteiger partial charge in [0, 0.05) is 25.7 Å². The first-order valence-electron chi connectivity index (χ1n) is 6.83. The summed E-state index contributed by atoms with van der Waals surface area (Å²) < 4.78 is 26.8. The van der Waals surface area contributed by atoms with Crippen LogP contribution in [-0.2, 0) is 16.1 Å². The van der Waals surface area contributed by atoms with E-state index in [0.29, 0.717) is 6.54 Å². The maximum atomic E-state index is 13.5. The number of nitrogens with zero attached hydrogens (tertiary/aromatic N) is 1. The molecule has 3 N–H and O–H groups in total. The number of nitrogens with one attached hydrogen (secondary N) is 3. The quantitative estimate of drug-likeness (QED) is 0.699. The van der Waals surface area contributed by atoms with Crippen molar-refractivity contribution in [1.29, 1.82) is 0 Å². The first-order valence-corrected chi connectivity index (χ1v) is 7.77. The highest BCUT2D eigenvalue weighted by atomic mass is 32.2. The van der Waals surface area contributed by atoms with E-state index in [1.165, 1.54) is 24.9 Å². The number of carbonyl (C=O) groups is 2. The minimum atomic E-state index is -1.07. The molecule has 1 aliphatic rings. The number of hydrogen-bond donors (Lipinski definition) is 3. The van der Waals surface area contributed by atoms with Gasteiger partial charge in [-0.2, -0.15) is 0 Å². The molecule has 1 aromatic rings. The third-order valence-corrected chi connectivity index (χ3v) is 4.32.